The molecule has 0 unspecified atom stereocenters. The summed E-state index contributed by atoms with van der Waals surface area (Å²) in [6, 6.07) is 22.0. The SMILES string of the molecule is Cc1nc(-c2cccc(F)c2)n(CCc2ccccc2)c(=O)c1-c1ccc(-c2ccn[nH]2)s1. The Kier molecular flexibility index (Phi) is 5.71. The Hall–Kier alpha value is -3.84. The second kappa shape index (κ2) is 8.96. The van der Waals surface area contributed by atoms with Crippen LogP contribution in [0.15, 0.2) is 83.8 Å². The van der Waals surface area contributed by atoms with Gasteiger partial charge in [0.2, 0.25) is 0 Å². The van der Waals surface area contributed by atoms with Crippen molar-refractivity contribution in [1.29, 1.82) is 0 Å². The van der Waals surface area contributed by atoms with E-state index in [9.17, 15) is 9.18 Å². The Labute approximate surface area is 194 Å². The minimum absolute atomic E-state index is 0.129. The van der Waals surface area contributed by atoms with E-state index in [4.69, 9.17) is 4.98 Å². The monoisotopic (exact) mass is 456 g/mol. The van der Waals surface area contributed by atoms with Crippen LogP contribution in [0.2, 0.25) is 0 Å². The van der Waals surface area contributed by atoms with Crippen molar-refractivity contribution in [2.75, 3.05) is 0 Å². The number of H-pyrrole nitrogens is 1. The number of nitrogens with zero attached hydrogens (tertiary/aromatic N) is 3. The molecule has 5 aromatic rings. The largest absolute Gasteiger partial charge is 0.292 e. The summed E-state index contributed by atoms with van der Waals surface area (Å²) >= 11 is 1.51. The first-order valence-corrected chi connectivity index (χ1v) is 11.4. The third-order valence-electron chi connectivity index (χ3n) is 5.52. The maximum absolute atomic E-state index is 14.0. The average molecular weight is 457 g/mol. The molecule has 5 nitrogen and oxygen atoms in total. The number of nitrogens with one attached hydrogen (secondary N) is 1. The van der Waals surface area contributed by atoms with E-state index >= 15 is 0 Å². The molecule has 7 heteroatoms. The van der Waals surface area contributed by atoms with E-state index in [1.165, 1.54) is 23.5 Å². The molecule has 0 fully saturated rings. The van der Waals surface area contributed by atoms with Gasteiger partial charge in [-0.2, -0.15) is 5.10 Å². The van der Waals surface area contributed by atoms with Crippen LogP contribution in [0.25, 0.3) is 32.4 Å². The highest BCUT2D eigenvalue weighted by molar-refractivity contribution is 7.18. The number of hydrogen-bond acceptors (Lipinski definition) is 4. The number of aryl methyl sites for hydroxylation is 2. The predicted octanol–water partition coefficient (Wildman–Crippen LogP) is 5.72. The highest BCUT2D eigenvalue weighted by Gasteiger charge is 2.19. The van der Waals surface area contributed by atoms with E-state index in [2.05, 4.69) is 10.2 Å². The van der Waals surface area contributed by atoms with Gasteiger partial charge in [-0.3, -0.25) is 14.5 Å². The molecule has 0 radical (unpaired) electrons. The van der Waals surface area contributed by atoms with Gasteiger partial charge < -0.3 is 0 Å². The summed E-state index contributed by atoms with van der Waals surface area (Å²) in [5.41, 5.74) is 3.66. The van der Waals surface area contributed by atoms with Crippen LogP contribution < -0.4 is 5.56 Å². The molecule has 0 aliphatic rings. The second-order valence-corrected chi connectivity index (χ2v) is 8.82. The number of aromatic nitrogens is 4. The number of thiophene rings is 1. The van der Waals surface area contributed by atoms with Gasteiger partial charge in [0.05, 0.1) is 21.8 Å². The van der Waals surface area contributed by atoms with Gasteiger partial charge in [0.15, 0.2) is 0 Å². The molecule has 164 valence electrons. The Bertz CT molecular complexity index is 1460. The molecule has 0 aliphatic heterocycles. The van der Waals surface area contributed by atoms with E-state index < -0.39 is 0 Å². The van der Waals surface area contributed by atoms with Crippen molar-refractivity contribution in [3.63, 3.8) is 0 Å². The molecule has 0 amide bonds. The Morgan fingerprint density at radius 2 is 1.82 bits per heavy atom. The zero-order valence-electron chi connectivity index (χ0n) is 18.0. The fourth-order valence-corrected chi connectivity index (χ4v) is 4.97. The van der Waals surface area contributed by atoms with E-state index in [0.29, 0.717) is 35.6 Å². The van der Waals surface area contributed by atoms with Crippen molar-refractivity contribution >= 4 is 11.3 Å². The summed E-state index contributed by atoms with van der Waals surface area (Å²) in [5.74, 6) is 0.113. The topological polar surface area (TPSA) is 63.6 Å². The van der Waals surface area contributed by atoms with Crippen molar-refractivity contribution < 1.29 is 4.39 Å². The van der Waals surface area contributed by atoms with Crippen LogP contribution in [0.3, 0.4) is 0 Å². The standard InChI is InChI=1S/C26H21FN4OS/c1-17-24(23-11-10-22(33-23)21-12-14-28-30-21)26(32)31(15-13-18-6-3-2-4-7-18)25(29-17)19-8-5-9-20(27)16-19/h2-12,14,16H,13,15H2,1H3,(H,28,30). The molecule has 0 spiro atoms. The number of rotatable bonds is 6. The van der Waals surface area contributed by atoms with Crippen LogP contribution in [-0.2, 0) is 13.0 Å². The normalized spacial score (nSPS) is 11.1. The lowest BCUT2D eigenvalue weighted by Gasteiger charge is -2.16. The first kappa shape index (κ1) is 21.0. The number of benzene rings is 2. The summed E-state index contributed by atoms with van der Waals surface area (Å²) in [6.07, 6.45) is 2.36. The molecule has 0 aliphatic carbocycles. The molecular formula is C26H21FN4OS. The Morgan fingerprint density at radius 3 is 2.58 bits per heavy atom. The van der Waals surface area contributed by atoms with Crippen molar-refractivity contribution in [3.8, 4) is 32.4 Å². The van der Waals surface area contributed by atoms with Gasteiger partial charge in [-0.15, -0.1) is 11.3 Å². The van der Waals surface area contributed by atoms with Crippen molar-refractivity contribution in [2.24, 2.45) is 0 Å². The van der Waals surface area contributed by atoms with Gasteiger partial charge in [-0.25, -0.2) is 9.37 Å². The van der Waals surface area contributed by atoms with E-state index in [-0.39, 0.29) is 11.4 Å². The van der Waals surface area contributed by atoms with Crippen LogP contribution >= 0.6 is 11.3 Å². The molecule has 33 heavy (non-hydrogen) atoms. The van der Waals surface area contributed by atoms with E-state index in [1.54, 1.807) is 22.9 Å². The van der Waals surface area contributed by atoms with Crippen LogP contribution in [0.5, 0.6) is 0 Å². The van der Waals surface area contributed by atoms with Gasteiger partial charge in [-0.05, 0) is 49.2 Å². The first-order valence-electron chi connectivity index (χ1n) is 10.6. The lowest BCUT2D eigenvalue weighted by Crippen LogP contribution is -2.26. The summed E-state index contributed by atoms with van der Waals surface area (Å²) in [6.45, 7) is 2.27. The molecular weight excluding hydrogens is 435 g/mol. The third kappa shape index (κ3) is 4.27. The molecule has 2 aromatic carbocycles. The van der Waals surface area contributed by atoms with Gasteiger partial charge >= 0.3 is 0 Å². The van der Waals surface area contributed by atoms with E-state index in [0.717, 1.165) is 21.0 Å². The van der Waals surface area contributed by atoms with Gasteiger partial charge in [0, 0.05) is 23.2 Å². The summed E-state index contributed by atoms with van der Waals surface area (Å²) in [5, 5.41) is 6.97. The maximum atomic E-state index is 14.0. The zero-order chi connectivity index (χ0) is 22.8. The molecule has 0 saturated heterocycles. The molecule has 3 aromatic heterocycles. The maximum Gasteiger partial charge on any atom is 0.262 e. The number of hydrogen-bond donors (Lipinski definition) is 1. The van der Waals surface area contributed by atoms with Crippen molar-refractivity contribution in [2.45, 2.75) is 19.9 Å². The quantitative estimate of drug-likeness (QED) is 0.355. The molecule has 0 atom stereocenters. The molecule has 1 N–H and O–H groups in total. The predicted molar refractivity (Wildman–Crippen MR) is 130 cm³/mol. The first-order chi connectivity index (χ1) is 16.1. The smallest absolute Gasteiger partial charge is 0.262 e. The molecule has 0 bridgehead atoms. The van der Waals surface area contributed by atoms with Gasteiger partial charge in [-0.1, -0.05) is 42.5 Å². The van der Waals surface area contributed by atoms with Crippen LogP contribution in [0.4, 0.5) is 4.39 Å². The zero-order valence-corrected chi connectivity index (χ0v) is 18.8. The fraction of sp³-hybridized carbons (Fsp3) is 0.115. The number of halogens is 1. The third-order valence-corrected chi connectivity index (χ3v) is 6.65. The Morgan fingerprint density at radius 1 is 1.00 bits per heavy atom. The van der Waals surface area contributed by atoms with Gasteiger partial charge in [0.25, 0.3) is 5.56 Å². The summed E-state index contributed by atoms with van der Waals surface area (Å²) < 4.78 is 15.7. The molecule has 0 saturated carbocycles. The highest BCUT2D eigenvalue weighted by atomic mass is 32.1. The lowest BCUT2D eigenvalue weighted by atomic mass is 10.1. The van der Waals surface area contributed by atoms with Crippen LogP contribution in [0.1, 0.15) is 11.3 Å². The average Bonchev–Trinajstić information content (AvgIpc) is 3.51. The minimum atomic E-state index is -0.361. The van der Waals surface area contributed by atoms with Crippen LogP contribution in [0, 0.1) is 12.7 Å². The van der Waals surface area contributed by atoms with Crippen molar-refractivity contribution in [3.05, 3.63) is 106 Å². The molecule has 5 rings (SSSR count). The van der Waals surface area contributed by atoms with Gasteiger partial charge in [0.1, 0.15) is 11.6 Å². The second-order valence-electron chi connectivity index (χ2n) is 7.73. The fourth-order valence-electron chi connectivity index (χ4n) is 3.90. The highest BCUT2D eigenvalue weighted by Crippen LogP contribution is 2.33. The van der Waals surface area contributed by atoms with E-state index in [1.807, 2.05) is 55.5 Å². The summed E-state index contributed by atoms with van der Waals surface area (Å²) in [7, 11) is 0. The molecule has 3 heterocycles. The van der Waals surface area contributed by atoms with Crippen LogP contribution in [-0.4, -0.2) is 19.7 Å². The minimum Gasteiger partial charge on any atom is -0.292 e. The summed E-state index contributed by atoms with van der Waals surface area (Å²) in [4.78, 5) is 20.4. The number of aromatic amines is 1. The Balaban J connectivity index is 1.63. The lowest BCUT2D eigenvalue weighted by molar-refractivity contribution is 0.626. The van der Waals surface area contributed by atoms with Crippen molar-refractivity contribution in [1.82, 2.24) is 19.7 Å².